The molecule has 0 aliphatic heterocycles. The van der Waals surface area contributed by atoms with Gasteiger partial charge < -0.3 is 4.90 Å². The van der Waals surface area contributed by atoms with E-state index in [4.69, 9.17) is 0 Å². The van der Waals surface area contributed by atoms with Crippen LogP contribution in [0.25, 0.3) is 0 Å². The predicted molar refractivity (Wildman–Crippen MR) is 69.9 cm³/mol. The zero-order valence-corrected chi connectivity index (χ0v) is 10.3. The number of halogens is 1. The van der Waals surface area contributed by atoms with Crippen LogP contribution in [0.2, 0.25) is 0 Å². The smallest absolute Gasteiger partial charge is 0.254 e. The molecule has 17 heavy (non-hydrogen) atoms. The summed E-state index contributed by atoms with van der Waals surface area (Å²) in [5.41, 5.74) is 0.403. The molecule has 0 atom stereocenters. The van der Waals surface area contributed by atoms with Crippen molar-refractivity contribution in [2.75, 3.05) is 13.1 Å². The SMILES string of the molecule is C=CCN(CC=C)C(=O)c1ccc(F)c(S)c1. The highest BCUT2D eigenvalue weighted by molar-refractivity contribution is 7.80. The topological polar surface area (TPSA) is 20.3 Å². The standard InChI is InChI=1S/C13H14FNOS/c1-3-7-15(8-4-2)13(16)10-5-6-11(14)12(17)9-10/h3-6,9,17H,1-2,7-8H2. The molecule has 1 amide bonds. The van der Waals surface area contributed by atoms with Gasteiger partial charge in [0.2, 0.25) is 0 Å². The molecule has 0 saturated carbocycles. The summed E-state index contributed by atoms with van der Waals surface area (Å²) in [7, 11) is 0. The lowest BCUT2D eigenvalue weighted by molar-refractivity contribution is 0.0790. The maximum atomic E-state index is 13.0. The number of carbonyl (C=O) groups excluding carboxylic acids is 1. The van der Waals surface area contributed by atoms with Gasteiger partial charge in [-0.15, -0.1) is 25.8 Å². The van der Waals surface area contributed by atoms with Crippen LogP contribution in [0.1, 0.15) is 10.4 Å². The summed E-state index contributed by atoms with van der Waals surface area (Å²) in [6.07, 6.45) is 3.26. The molecule has 0 heterocycles. The number of hydrogen-bond acceptors (Lipinski definition) is 2. The Balaban J connectivity index is 2.95. The van der Waals surface area contributed by atoms with Crippen LogP contribution in [0.3, 0.4) is 0 Å². The third-order valence-corrected chi connectivity index (χ3v) is 2.52. The Labute approximate surface area is 106 Å². The largest absolute Gasteiger partial charge is 0.331 e. The van der Waals surface area contributed by atoms with Crippen molar-refractivity contribution in [3.8, 4) is 0 Å². The minimum atomic E-state index is -0.441. The highest BCUT2D eigenvalue weighted by atomic mass is 32.1. The normalized spacial score (nSPS) is 9.76. The zero-order chi connectivity index (χ0) is 12.8. The average molecular weight is 251 g/mol. The molecular weight excluding hydrogens is 237 g/mol. The minimum Gasteiger partial charge on any atom is -0.331 e. The van der Waals surface area contributed by atoms with E-state index in [1.165, 1.54) is 18.2 Å². The van der Waals surface area contributed by atoms with Crippen molar-refractivity contribution >= 4 is 18.5 Å². The van der Waals surface area contributed by atoms with E-state index in [1.807, 2.05) is 0 Å². The van der Waals surface area contributed by atoms with Gasteiger partial charge in [-0.3, -0.25) is 4.79 Å². The van der Waals surface area contributed by atoms with Gasteiger partial charge in [0.15, 0.2) is 0 Å². The van der Waals surface area contributed by atoms with Crippen molar-refractivity contribution in [3.63, 3.8) is 0 Å². The van der Waals surface area contributed by atoms with Gasteiger partial charge in [-0.1, -0.05) is 12.2 Å². The van der Waals surface area contributed by atoms with Crippen LogP contribution in [0.4, 0.5) is 4.39 Å². The molecule has 0 fully saturated rings. The van der Waals surface area contributed by atoms with Gasteiger partial charge in [0.25, 0.3) is 5.91 Å². The average Bonchev–Trinajstić information content (AvgIpc) is 2.31. The van der Waals surface area contributed by atoms with E-state index in [-0.39, 0.29) is 10.8 Å². The fourth-order valence-corrected chi connectivity index (χ4v) is 1.59. The second-order valence-corrected chi connectivity index (χ2v) is 3.94. The Morgan fingerprint density at radius 3 is 2.41 bits per heavy atom. The summed E-state index contributed by atoms with van der Waals surface area (Å²) in [6.45, 7) is 8.02. The van der Waals surface area contributed by atoms with Crippen LogP contribution in [0, 0.1) is 5.82 Å². The molecule has 2 nitrogen and oxygen atoms in total. The summed E-state index contributed by atoms with van der Waals surface area (Å²) in [6, 6.07) is 4.09. The monoisotopic (exact) mass is 251 g/mol. The Hall–Kier alpha value is -1.55. The maximum Gasteiger partial charge on any atom is 0.254 e. The van der Waals surface area contributed by atoms with Crippen molar-refractivity contribution in [2.45, 2.75) is 4.90 Å². The number of carbonyl (C=O) groups is 1. The van der Waals surface area contributed by atoms with Crippen molar-refractivity contribution in [3.05, 3.63) is 54.9 Å². The molecular formula is C13H14FNOS. The van der Waals surface area contributed by atoms with E-state index in [0.29, 0.717) is 18.7 Å². The summed E-state index contributed by atoms with van der Waals surface area (Å²) >= 11 is 3.95. The highest BCUT2D eigenvalue weighted by Crippen LogP contribution is 2.15. The van der Waals surface area contributed by atoms with Gasteiger partial charge in [-0.2, -0.15) is 0 Å². The number of hydrogen-bond donors (Lipinski definition) is 1. The van der Waals surface area contributed by atoms with Crippen LogP contribution in [-0.4, -0.2) is 23.9 Å². The summed E-state index contributed by atoms with van der Waals surface area (Å²) in [4.78, 5) is 13.8. The van der Waals surface area contributed by atoms with E-state index in [2.05, 4.69) is 25.8 Å². The summed E-state index contributed by atoms with van der Waals surface area (Å²) in [5.74, 6) is -0.635. The molecule has 0 aliphatic carbocycles. The number of thiol groups is 1. The second kappa shape index (κ2) is 6.25. The molecule has 0 saturated heterocycles. The Morgan fingerprint density at radius 2 is 1.94 bits per heavy atom. The molecule has 0 N–H and O–H groups in total. The van der Waals surface area contributed by atoms with Crippen LogP contribution in [0.15, 0.2) is 48.4 Å². The van der Waals surface area contributed by atoms with Crippen molar-refractivity contribution < 1.29 is 9.18 Å². The summed E-state index contributed by atoms with van der Waals surface area (Å²) < 4.78 is 13.0. The molecule has 1 aromatic carbocycles. The Morgan fingerprint density at radius 1 is 1.35 bits per heavy atom. The second-order valence-electron chi connectivity index (χ2n) is 3.45. The molecule has 1 aromatic rings. The first kappa shape index (κ1) is 13.5. The molecule has 0 bridgehead atoms. The molecule has 0 unspecified atom stereocenters. The first-order chi connectivity index (χ1) is 8.10. The summed E-state index contributed by atoms with van der Waals surface area (Å²) in [5, 5.41) is 0. The van der Waals surface area contributed by atoms with E-state index in [0.717, 1.165) is 0 Å². The molecule has 0 aliphatic rings. The van der Waals surface area contributed by atoms with Gasteiger partial charge in [0, 0.05) is 23.5 Å². The van der Waals surface area contributed by atoms with Crippen LogP contribution >= 0.6 is 12.6 Å². The molecule has 0 spiro atoms. The van der Waals surface area contributed by atoms with E-state index in [9.17, 15) is 9.18 Å². The highest BCUT2D eigenvalue weighted by Gasteiger charge is 2.14. The fraction of sp³-hybridized carbons (Fsp3) is 0.154. The van der Waals surface area contributed by atoms with Gasteiger partial charge in [-0.25, -0.2) is 4.39 Å². The predicted octanol–water partition coefficient (Wildman–Crippen LogP) is 2.93. The lowest BCUT2D eigenvalue weighted by Crippen LogP contribution is -2.31. The molecule has 0 aromatic heterocycles. The Bertz CT molecular complexity index is 435. The van der Waals surface area contributed by atoms with Crippen molar-refractivity contribution in [2.24, 2.45) is 0 Å². The van der Waals surface area contributed by atoms with Crippen molar-refractivity contribution in [1.29, 1.82) is 0 Å². The van der Waals surface area contributed by atoms with Gasteiger partial charge >= 0.3 is 0 Å². The number of nitrogens with zero attached hydrogens (tertiary/aromatic N) is 1. The van der Waals surface area contributed by atoms with E-state index < -0.39 is 5.82 Å². The molecule has 1 rings (SSSR count). The first-order valence-electron chi connectivity index (χ1n) is 5.09. The van der Waals surface area contributed by atoms with Crippen LogP contribution in [0.5, 0.6) is 0 Å². The van der Waals surface area contributed by atoms with Gasteiger partial charge in [0.05, 0.1) is 0 Å². The van der Waals surface area contributed by atoms with Gasteiger partial charge in [0.1, 0.15) is 5.82 Å². The van der Waals surface area contributed by atoms with Crippen LogP contribution in [-0.2, 0) is 0 Å². The molecule has 4 heteroatoms. The quantitative estimate of drug-likeness (QED) is 0.630. The van der Waals surface area contributed by atoms with Gasteiger partial charge in [-0.05, 0) is 18.2 Å². The lowest BCUT2D eigenvalue weighted by Gasteiger charge is -2.19. The molecule has 90 valence electrons. The van der Waals surface area contributed by atoms with Crippen LogP contribution < -0.4 is 0 Å². The lowest BCUT2D eigenvalue weighted by atomic mass is 10.2. The van der Waals surface area contributed by atoms with E-state index in [1.54, 1.807) is 17.1 Å². The number of benzene rings is 1. The third-order valence-electron chi connectivity index (χ3n) is 2.18. The third kappa shape index (κ3) is 3.46. The zero-order valence-electron chi connectivity index (χ0n) is 9.40. The van der Waals surface area contributed by atoms with E-state index >= 15 is 0 Å². The fourth-order valence-electron chi connectivity index (χ4n) is 1.38. The van der Waals surface area contributed by atoms with Crippen molar-refractivity contribution in [1.82, 2.24) is 4.90 Å². The first-order valence-corrected chi connectivity index (χ1v) is 5.54. The Kier molecular flexibility index (Phi) is 4.97. The molecule has 0 radical (unpaired) electrons. The minimum absolute atomic E-state index is 0.160. The number of rotatable bonds is 5. The maximum absolute atomic E-state index is 13.0. The number of amides is 1.